The minimum atomic E-state index is -2.21. The quantitative estimate of drug-likeness (QED) is 0.137. The Kier molecular flexibility index (Phi) is 28.2. The first-order valence-electron chi connectivity index (χ1n) is 13.2. The van der Waals surface area contributed by atoms with Crippen LogP contribution in [0.15, 0.2) is 12.7 Å². The van der Waals surface area contributed by atoms with Gasteiger partial charge in [0, 0.05) is 40.4 Å². The van der Waals surface area contributed by atoms with E-state index in [2.05, 4.69) is 105 Å². The zero-order chi connectivity index (χ0) is 25.9. The highest BCUT2D eigenvalue weighted by molar-refractivity contribution is 7.13. The van der Waals surface area contributed by atoms with E-state index in [1.54, 1.807) is 17.0 Å². The van der Waals surface area contributed by atoms with Gasteiger partial charge in [0.05, 0.1) is 8.07 Å². The molecule has 0 aliphatic rings. The Morgan fingerprint density at radius 1 is 0.500 bits per heavy atom. The van der Waals surface area contributed by atoms with Crippen LogP contribution in [0, 0.1) is 0 Å². The Hall–Kier alpha value is 1.22. The maximum absolute atomic E-state index is 12.2. The SMILES string of the molecule is C.C.C.C.C.C.C=CC[Si](C[Si](C)(C)C)(C[Si](C)(C[Si](C)(C)C)C[Si](C)(C)C)C[Si](O)(CC)C[Si](C)(C)C. The molecule has 0 aromatic heterocycles. The summed E-state index contributed by atoms with van der Waals surface area (Å²) in [6.07, 6.45) is 2.29. The second-order valence-electron chi connectivity index (χ2n) is 16.7. The van der Waals surface area contributed by atoms with E-state index in [1.807, 2.05) is 0 Å². The van der Waals surface area contributed by atoms with E-state index < -0.39 is 56.8 Å². The summed E-state index contributed by atoms with van der Waals surface area (Å²) in [5.41, 5.74) is 8.73. The van der Waals surface area contributed by atoms with Crippen LogP contribution in [0.5, 0.6) is 0 Å². The molecule has 38 heavy (non-hydrogen) atoms. The van der Waals surface area contributed by atoms with Crippen molar-refractivity contribution in [3.8, 4) is 0 Å². The Balaban J connectivity index is -0.000000320. The van der Waals surface area contributed by atoms with E-state index in [0.29, 0.717) is 0 Å². The molecule has 1 N–H and O–H groups in total. The van der Waals surface area contributed by atoms with Crippen LogP contribution in [0.2, 0.25) is 131 Å². The molecule has 0 aliphatic heterocycles. The first kappa shape index (κ1) is 55.2. The molecule has 0 fully saturated rings. The summed E-state index contributed by atoms with van der Waals surface area (Å²) < 4.78 is 0. The van der Waals surface area contributed by atoms with E-state index >= 15 is 0 Å². The molecule has 0 aromatic carbocycles. The fraction of sp³-hybridized carbons (Fsp3) is 0.933. The fourth-order valence-electron chi connectivity index (χ4n) is 7.49. The standard InChI is InChI=1S/C24H62OSi7.6CH4/c1-16-18-31(21-28(9,10)11,24-32(25,17-2)22-29(12,13)14)23-30(15,19-26(3,4)5)20-27(6,7)8;;;;;;/h16,25H,1,17-24H2,2-15H3;6*1H4. The Morgan fingerprint density at radius 2 is 0.816 bits per heavy atom. The van der Waals surface area contributed by atoms with Gasteiger partial charge in [0.1, 0.15) is 0 Å². The molecule has 1 nitrogen and oxygen atoms in total. The van der Waals surface area contributed by atoms with Crippen molar-refractivity contribution in [2.24, 2.45) is 0 Å². The zero-order valence-corrected chi connectivity index (χ0v) is 31.9. The number of hydrogen-bond acceptors (Lipinski definition) is 1. The topological polar surface area (TPSA) is 20.2 Å². The second-order valence-corrected chi connectivity index (χ2v) is 55.8. The summed E-state index contributed by atoms with van der Waals surface area (Å²) in [7, 11) is -10.0. The van der Waals surface area contributed by atoms with Crippen molar-refractivity contribution >= 4 is 56.8 Å². The molecule has 2 unspecified atom stereocenters. The molecule has 240 valence electrons. The number of hydrogen-bond donors (Lipinski definition) is 1. The summed E-state index contributed by atoms with van der Waals surface area (Å²) in [6, 6.07) is 2.33. The van der Waals surface area contributed by atoms with Gasteiger partial charge < -0.3 is 4.80 Å². The largest absolute Gasteiger partial charge is 0.432 e. The van der Waals surface area contributed by atoms with Crippen molar-refractivity contribution in [3.63, 3.8) is 0 Å². The number of rotatable bonds is 15. The highest BCUT2D eigenvalue weighted by Gasteiger charge is 2.50. The van der Waals surface area contributed by atoms with Crippen LogP contribution in [0.1, 0.15) is 51.5 Å². The first-order valence-corrected chi connectivity index (χ1v) is 36.5. The van der Waals surface area contributed by atoms with Crippen LogP contribution in [0.25, 0.3) is 0 Å². The van der Waals surface area contributed by atoms with Crippen LogP contribution in [0.4, 0.5) is 0 Å². The van der Waals surface area contributed by atoms with Crippen molar-refractivity contribution in [2.75, 3.05) is 0 Å². The predicted octanol–water partition coefficient (Wildman–Crippen LogP) is 13.1. The van der Waals surface area contributed by atoms with Crippen molar-refractivity contribution in [1.82, 2.24) is 0 Å². The molecule has 0 saturated carbocycles. The van der Waals surface area contributed by atoms with Crippen molar-refractivity contribution < 1.29 is 4.80 Å². The van der Waals surface area contributed by atoms with E-state index in [-0.39, 0.29) is 44.6 Å². The van der Waals surface area contributed by atoms with Gasteiger partial charge in [0.15, 0.2) is 8.32 Å². The third-order valence-electron chi connectivity index (χ3n) is 6.42. The summed E-state index contributed by atoms with van der Waals surface area (Å²) in [5, 5.41) is 0. The van der Waals surface area contributed by atoms with Gasteiger partial charge in [0.25, 0.3) is 0 Å². The fourth-order valence-corrected chi connectivity index (χ4v) is 73.4. The molecule has 0 bridgehead atoms. The van der Waals surface area contributed by atoms with Crippen LogP contribution < -0.4 is 0 Å². The van der Waals surface area contributed by atoms with Gasteiger partial charge in [0.2, 0.25) is 0 Å². The maximum atomic E-state index is 12.2. The van der Waals surface area contributed by atoms with Crippen LogP contribution in [-0.4, -0.2) is 61.6 Å². The average molecular weight is 660 g/mol. The molecule has 0 heterocycles. The van der Waals surface area contributed by atoms with Crippen LogP contribution in [-0.2, 0) is 0 Å². The summed E-state index contributed by atoms with van der Waals surface area (Å²) in [6.45, 7) is 40.3. The van der Waals surface area contributed by atoms with Gasteiger partial charge in [-0.05, 0) is 23.4 Å². The molecule has 0 amide bonds. The zero-order valence-electron chi connectivity index (χ0n) is 24.9. The molecule has 0 aliphatic carbocycles. The van der Waals surface area contributed by atoms with E-state index in [9.17, 15) is 4.80 Å². The average Bonchev–Trinajstić information content (AvgIpc) is 2.37. The highest BCUT2D eigenvalue weighted by Crippen LogP contribution is 2.44. The summed E-state index contributed by atoms with van der Waals surface area (Å²) in [5.74, 6) is 0. The molecule has 0 radical (unpaired) electrons. The second kappa shape index (κ2) is 19.4. The lowest BCUT2D eigenvalue weighted by atomic mass is 10.8. The minimum absolute atomic E-state index is 0. The summed E-state index contributed by atoms with van der Waals surface area (Å²) in [4.78, 5) is 12.2. The van der Waals surface area contributed by atoms with Gasteiger partial charge in [-0.2, -0.15) is 0 Å². The maximum Gasteiger partial charge on any atom is 0.183 e. The first-order chi connectivity index (χ1) is 13.9. The predicted molar refractivity (Wildman–Crippen MR) is 213 cm³/mol. The highest BCUT2D eigenvalue weighted by atomic mass is 28.5. The van der Waals surface area contributed by atoms with Crippen molar-refractivity contribution in [3.05, 3.63) is 12.7 Å². The lowest BCUT2D eigenvalue weighted by Gasteiger charge is -2.48. The summed E-state index contributed by atoms with van der Waals surface area (Å²) >= 11 is 0. The van der Waals surface area contributed by atoms with Gasteiger partial charge in [-0.1, -0.05) is 165 Å². The normalized spacial score (nSPS) is 15.3. The molecule has 0 spiro atoms. The number of allylic oxidation sites excluding steroid dienone is 1. The van der Waals surface area contributed by atoms with Gasteiger partial charge in [-0.15, -0.1) is 6.58 Å². The van der Waals surface area contributed by atoms with Gasteiger partial charge in [-0.3, -0.25) is 0 Å². The molecule has 8 heteroatoms. The van der Waals surface area contributed by atoms with Gasteiger partial charge in [-0.25, -0.2) is 0 Å². The van der Waals surface area contributed by atoms with E-state index in [0.717, 1.165) is 6.04 Å². The van der Waals surface area contributed by atoms with Crippen molar-refractivity contribution in [1.29, 1.82) is 0 Å². The molecular weight excluding hydrogens is 573 g/mol. The molecular formula is C30H86OSi7. The molecule has 0 rings (SSSR count). The lowest BCUT2D eigenvalue weighted by Crippen LogP contribution is -2.58. The lowest BCUT2D eigenvalue weighted by molar-refractivity contribution is 0.542. The van der Waals surface area contributed by atoms with Crippen LogP contribution in [0.3, 0.4) is 0 Å². The van der Waals surface area contributed by atoms with E-state index in [4.69, 9.17) is 0 Å². The Labute approximate surface area is 255 Å². The van der Waals surface area contributed by atoms with Gasteiger partial charge >= 0.3 is 0 Å². The molecule has 2 atom stereocenters. The third kappa shape index (κ3) is 25.0. The third-order valence-corrected chi connectivity index (χ3v) is 50.4. The minimum Gasteiger partial charge on any atom is -0.432 e. The molecule has 0 saturated heterocycles. The van der Waals surface area contributed by atoms with E-state index in [1.165, 1.54) is 23.0 Å². The molecule has 0 aromatic rings. The smallest absolute Gasteiger partial charge is 0.183 e. The monoisotopic (exact) mass is 659 g/mol. The Morgan fingerprint density at radius 3 is 1.05 bits per heavy atom. The van der Waals surface area contributed by atoms with Crippen LogP contribution >= 0.6 is 0 Å². The van der Waals surface area contributed by atoms with Crippen molar-refractivity contribution in [2.45, 2.75) is 183 Å². The Bertz CT molecular complexity index is 582.